The van der Waals surface area contributed by atoms with Crippen LogP contribution in [-0.2, 0) is 9.59 Å². The minimum absolute atomic E-state index is 0.0198. The Morgan fingerprint density at radius 3 is 1.92 bits per heavy atom. The molecule has 3 amide bonds. The topological polar surface area (TPSA) is 115 Å². The summed E-state index contributed by atoms with van der Waals surface area (Å²) in [5, 5.41) is 8.58. The van der Waals surface area contributed by atoms with Crippen LogP contribution >= 0.6 is 23.4 Å². The number of benzene rings is 5. The molecule has 0 aliphatic carbocycles. The predicted octanol–water partition coefficient (Wildman–Crippen LogP) is 8.56. The molecular formula is C40H36ClN3O6S. The second-order valence-corrected chi connectivity index (χ2v) is 12.8. The number of amides is 3. The van der Waals surface area contributed by atoms with Crippen LogP contribution in [-0.4, -0.2) is 39.1 Å². The van der Waals surface area contributed by atoms with Gasteiger partial charge in [0.15, 0.2) is 11.5 Å². The molecule has 260 valence electrons. The summed E-state index contributed by atoms with van der Waals surface area (Å²) in [6.45, 7) is 1.90. The van der Waals surface area contributed by atoms with E-state index in [-0.39, 0.29) is 11.6 Å². The van der Waals surface area contributed by atoms with E-state index in [1.807, 2.05) is 61.5 Å². The van der Waals surface area contributed by atoms with Crippen molar-refractivity contribution in [1.82, 2.24) is 5.32 Å². The number of rotatable bonds is 13. The van der Waals surface area contributed by atoms with Crippen LogP contribution in [0.25, 0.3) is 6.08 Å². The minimum Gasteiger partial charge on any atom is -0.493 e. The molecule has 0 aliphatic heterocycles. The van der Waals surface area contributed by atoms with Crippen LogP contribution in [0.15, 0.2) is 126 Å². The van der Waals surface area contributed by atoms with Crippen molar-refractivity contribution in [3.63, 3.8) is 0 Å². The SMILES string of the molecule is COc1cc(/C=C(\NC(=O)c2ccccc2)C(=O)Nc2ccc(SC(C(=O)Nc3ccc(C)c(Cl)c3)c3ccccc3)cc2)cc(OC)c1OC. The highest BCUT2D eigenvalue weighted by Gasteiger charge is 2.23. The highest BCUT2D eigenvalue weighted by atomic mass is 35.5. The van der Waals surface area contributed by atoms with Gasteiger partial charge in [-0.2, -0.15) is 0 Å². The van der Waals surface area contributed by atoms with Crippen molar-refractivity contribution in [1.29, 1.82) is 0 Å². The van der Waals surface area contributed by atoms with Crippen molar-refractivity contribution in [2.75, 3.05) is 32.0 Å². The summed E-state index contributed by atoms with van der Waals surface area (Å²) in [5.74, 6) is -0.0766. The van der Waals surface area contributed by atoms with Gasteiger partial charge in [-0.3, -0.25) is 14.4 Å². The Balaban J connectivity index is 1.38. The molecule has 0 bridgehead atoms. The van der Waals surface area contributed by atoms with Gasteiger partial charge < -0.3 is 30.2 Å². The third-order valence-corrected chi connectivity index (χ3v) is 9.35. The maximum atomic E-state index is 13.7. The van der Waals surface area contributed by atoms with E-state index >= 15 is 0 Å². The number of carbonyl (C=O) groups is 3. The molecule has 3 N–H and O–H groups in total. The monoisotopic (exact) mass is 721 g/mol. The van der Waals surface area contributed by atoms with Gasteiger partial charge in [0.05, 0.1) is 21.3 Å². The van der Waals surface area contributed by atoms with E-state index in [4.69, 9.17) is 25.8 Å². The van der Waals surface area contributed by atoms with Crippen molar-refractivity contribution in [2.24, 2.45) is 0 Å². The summed E-state index contributed by atoms with van der Waals surface area (Å²) in [5.41, 5.74) is 3.70. The molecule has 1 unspecified atom stereocenters. The summed E-state index contributed by atoms with van der Waals surface area (Å²) in [6, 6.07) is 33.9. The number of nitrogens with one attached hydrogen (secondary N) is 3. The van der Waals surface area contributed by atoms with E-state index in [0.29, 0.717) is 44.8 Å². The lowest BCUT2D eigenvalue weighted by molar-refractivity contribution is -0.116. The van der Waals surface area contributed by atoms with E-state index in [2.05, 4.69) is 16.0 Å². The smallest absolute Gasteiger partial charge is 0.272 e. The van der Waals surface area contributed by atoms with Gasteiger partial charge in [0.2, 0.25) is 11.7 Å². The molecule has 51 heavy (non-hydrogen) atoms. The van der Waals surface area contributed by atoms with Crippen LogP contribution in [0.2, 0.25) is 5.02 Å². The summed E-state index contributed by atoms with van der Waals surface area (Å²) < 4.78 is 16.4. The van der Waals surface area contributed by atoms with Crippen molar-refractivity contribution in [3.05, 3.63) is 148 Å². The van der Waals surface area contributed by atoms with E-state index in [1.165, 1.54) is 39.2 Å². The molecule has 9 nitrogen and oxygen atoms in total. The Morgan fingerprint density at radius 2 is 1.33 bits per heavy atom. The van der Waals surface area contributed by atoms with Gasteiger partial charge >= 0.3 is 0 Å². The Labute approximate surface area is 306 Å². The molecule has 5 aromatic rings. The average molecular weight is 722 g/mol. The Hall–Kier alpha value is -5.71. The number of carbonyl (C=O) groups excluding carboxylic acids is 3. The molecule has 0 aliphatic rings. The van der Waals surface area contributed by atoms with Gasteiger partial charge in [0.25, 0.3) is 11.8 Å². The normalized spacial score (nSPS) is 11.6. The van der Waals surface area contributed by atoms with Crippen molar-refractivity contribution < 1.29 is 28.6 Å². The van der Waals surface area contributed by atoms with Crippen LogP contribution in [0.4, 0.5) is 11.4 Å². The minimum atomic E-state index is -0.576. The summed E-state index contributed by atoms with van der Waals surface area (Å²) in [6.07, 6.45) is 1.52. The molecule has 0 radical (unpaired) electrons. The third kappa shape index (κ3) is 9.50. The molecule has 0 saturated heterocycles. The molecule has 0 spiro atoms. The van der Waals surface area contributed by atoms with E-state index < -0.39 is 17.1 Å². The Kier molecular flexibility index (Phi) is 12.4. The number of aryl methyl sites for hydroxylation is 1. The number of halogens is 1. The van der Waals surface area contributed by atoms with Crippen LogP contribution in [0.1, 0.15) is 32.3 Å². The number of methoxy groups -OCH3 is 3. The van der Waals surface area contributed by atoms with E-state index in [1.54, 1.807) is 60.7 Å². The van der Waals surface area contributed by atoms with Gasteiger partial charge in [-0.25, -0.2) is 0 Å². The molecule has 0 heterocycles. The highest BCUT2D eigenvalue weighted by Crippen LogP contribution is 2.39. The summed E-state index contributed by atoms with van der Waals surface area (Å²) in [4.78, 5) is 41.3. The lowest BCUT2D eigenvalue weighted by Crippen LogP contribution is -2.30. The molecule has 5 rings (SSSR count). The first-order valence-corrected chi connectivity index (χ1v) is 17.0. The zero-order valence-electron chi connectivity index (χ0n) is 28.4. The Morgan fingerprint density at radius 1 is 0.725 bits per heavy atom. The molecule has 1 atom stereocenters. The second kappa shape index (κ2) is 17.3. The largest absolute Gasteiger partial charge is 0.493 e. The van der Waals surface area contributed by atoms with Gasteiger partial charge in [0.1, 0.15) is 10.9 Å². The predicted molar refractivity (Wildman–Crippen MR) is 203 cm³/mol. The quantitative estimate of drug-likeness (QED) is 0.0825. The van der Waals surface area contributed by atoms with Gasteiger partial charge in [0, 0.05) is 26.9 Å². The second-order valence-electron chi connectivity index (χ2n) is 11.2. The maximum absolute atomic E-state index is 13.7. The van der Waals surface area contributed by atoms with Crippen molar-refractivity contribution >= 4 is 58.5 Å². The van der Waals surface area contributed by atoms with Crippen LogP contribution < -0.4 is 30.2 Å². The highest BCUT2D eigenvalue weighted by molar-refractivity contribution is 8.00. The molecular weight excluding hydrogens is 686 g/mol. The fraction of sp³-hybridized carbons (Fsp3) is 0.125. The first-order valence-electron chi connectivity index (χ1n) is 15.8. The van der Waals surface area contributed by atoms with Crippen LogP contribution in [0.5, 0.6) is 17.2 Å². The lowest BCUT2D eigenvalue weighted by atomic mass is 10.1. The first-order chi connectivity index (χ1) is 24.7. The molecule has 0 fully saturated rings. The average Bonchev–Trinajstić information content (AvgIpc) is 3.15. The zero-order valence-corrected chi connectivity index (χ0v) is 29.9. The molecule has 11 heteroatoms. The fourth-order valence-electron chi connectivity index (χ4n) is 5.02. The number of hydrogen-bond donors (Lipinski definition) is 3. The third-order valence-electron chi connectivity index (χ3n) is 7.67. The number of hydrogen-bond acceptors (Lipinski definition) is 7. The molecule has 0 aromatic heterocycles. The number of anilines is 2. The number of thioether (sulfide) groups is 1. The van der Waals surface area contributed by atoms with Crippen LogP contribution in [0, 0.1) is 6.92 Å². The van der Waals surface area contributed by atoms with Gasteiger partial charge in [-0.05, 0) is 90.4 Å². The Bertz CT molecular complexity index is 2010. The molecule has 0 saturated carbocycles. The maximum Gasteiger partial charge on any atom is 0.272 e. The van der Waals surface area contributed by atoms with Crippen LogP contribution in [0.3, 0.4) is 0 Å². The molecule has 5 aromatic carbocycles. The summed E-state index contributed by atoms with van der Waals surface area (Å²) in [7, 11) is 4.48. The van der Waals surface area contributed by atoms with E-state index in [9.17, 15) is 14.4 Å². The number of ether oxygens (including phenoxy) is 3. The van der Waals surface area contributed by atoms with Crippen molar-refractivity contribution in [3.8, 4) is 17.2 Å². The first kappa shape index (κ1) is 36.6. The van der Waals surface area contributed by atoms with Crippen molar-refractivity contribution in [2.45, 2.75) is 17.1 Å². The lowest BCUT2D eigenvalue weighted by Gasteiger charge is -2.18. The van der Waals surface area contributed by atoms with E-state index in [0.717, 1.165) is 16.0 Å². The van der Waals surface area contributed by atoms with Gasteiger partial charge in [-0.1, -0.05) is 66.2 Å². The summed E-state index contributed by atoms with van der Waals surface area (Å²) >= 11 is 7.67. The van der Waals surface area contributed by atoms with Gasteiger partial charge in [-0.15, -0.1) is 11.8 Å². The zero-order chi connectivity index (χ0) is 36.3. The fourth-order valence-corrected chi connectivity index (χ4v) is 6.23. The standard InChI is InChI=1S/C40H36ClN3O6S/c1-25-15-16-30(24-32(25)41)43-40(47)37(27-11-7-5-8-12-27)51-31-19-17-29(18-20-31)42-39(46)33(44-38(45)28-13-9-6-10-14-28)21-26-22-34(48-2)36(50-4)35(23-26)49-3/h5-24,37H,1-4H3,(H,42,46)(H,43,47)(H,44,45)/b33-21-.